The molecule has 7 nitrogen and oxygen atoms in total. The summed E-state index contributed by atoms with van der Waals surface area (Å²) >= 11 is 0. The highest BCUT2D eigenvalue weighted by atomic mass is 32.3. The molecule has 0 aliphatic carbocycles. The lowest BCUT2D eigenvalue weighted by atomic mass is 9.99. The maximum atomic E-state index is 14.3. The van der Waals surface area contributed by atoms with Gasteiger partial charge in [0, 0.05) is 0 Å². The van der Waals surface area contributed by atoms with E-state index in [0.717, 1.165) is 12.1 Å². The van der Waals surface area contributed by atoms with E-state index in [9.17, 15) is 64.8 Å². The van der Waals surface area contributed by atoms with Crippen molar-refractivity contribution in [1.82, 2.24) is 0 Å². The van der Waals surface area contributed by atoms with E-state index in [1.807, 2.05) is 0 Å². The first-order valence-corrected chi connectivity index (χ1v) is 14.1. The van der Waals surface area contributed by atoms with Gasteiger partial charge in [0.05, 0.1) is 0 Å². The highest BCUT2D eigenvalue weighted by molar-refractivity contribution is 8.10. The molecule has 0 amide bonds. The normalized spacial score (nSPS) is 16.4. The first-order chi connectivity index (χ1) is 15.9. The fourth-order valence-electron chi connectivity index (χ4n) is 2.69. The standard InChI is InChI=1S/C17H19F9O7S3/c1-4-10(3)11-6-8-12(9-7-11)33-36(31,32)16(22,23)14(18,19)15(20,21)34(27,28)13(5-2)35(29,30)17(24,25)26/h6-10,13H,4-5H2,1-3H3. The Morgan fingerprint density at radius 2 is 1.17 bits per heavy atom. The molecule has 0 saturated carbocycles. The monoisotopic (exact) mass is 602 g/mol. The molecule has 0 aromatic heterocycles. The molecule has 0 spiro atoms. The van der Waals surface area contributed by atoms with E-state index in [4.69, 9.17) is 0 Å². The van der Waals surface area contributed by atoms with Crippen LogP contribution in [0.25, 0.3) is 0 Å². The molecule has 1 rings (SSSR count). The van der Waals surface area contributed by atoms with Crippen LogP contribution < -0.4 is 4.18 Å². The summed E-state index contributed by atoms with van der Waals surface area (Å²) in [6.45, 7) is 3.70. The lowest BCUT2D eigenvalue weighted by Gasteiger charge is -2.33. The van der Waals surface area contributed by atoms with Crippen LogP contribution in [-0.2, 0) is 29.8 Å². The molecule has 0 N–H and O–H groups in total. The number of alkyl halides is 9. The third-order valence-electron chi connectivity index (χ3n) is 5.02. The smallest absolute Gasteiger partial charge is 0.378 e. The van der Waals surface area contributed by atoms with Gasteiger partial charge in [-0.05, 0) is 36.5 Å². The Labute approximate surface area is 200 Å². The maximum Gasteiger partial charge on any atom is 0.498 e. The lowest BCUT2D eigenvalue weighted by Crippen LogP contribution is -2.63. The van der Waals surface area contributed by atoms with Crippen molar-refractivity contribution in [3.63, 3.8) is 0 Å². The van der Waals surface area contributed by atoms with Crippen molar-refractivity contribution < 1.29 is 69.0 Å². The molecule has 0 bridgehead atoms. The zero-order valence-corrected chi connectivity index (χ0v) is 20.8. The molecule has 0 fully saturated rings. The number of halogens is 9. The van der Waals surface area contributed by atoms with Crippen molar-refractivity contribution in [2.24, 2.45) is 0 Å². The van der Waals surface area contributed by atoms with Gasteiger partial charge in [-0.15, -0.1) is 0 Å². The van der Waals surface area contributed by atoms with Crippen LogP contribution in [0.5, 0.6) is 5.75 Å². The second-order valence-corrected chi connectivity index (χ2v) is 13.6. The minimum Gasteiger partial charge on any atom is -0.378 e. The fourth-order valence-corrected chi connectivity index (χ4v) is 7.68. The highest BCUT2D eigenvalue weighted by Crippen LogP contribution is 2.53. The Morgan fingerprint density at radius 3 is 1.53 bits per heavy atom. The third kappa shape index (κ3) is 5.14. The Balaban J connectivity index is 3.56. The molecule has 2 unspecified atom stereocenters. The Kier molecular flexibility index (Phi) is 8.82. The van der Waals surface area contributed by atoms with Gasteiger partial charge in [-0.2, -0.15) is 47.9 Å². The van der Waals surface area contributed by atoms with E-state index in [0.29, 0.717) is 24.1 Å². The van der Waals surface area contributed by atoms with Crippen LogP contribution in [0.2, 0.25) is 0 Å². The average molecular weight is 603 g/mol. The molecule has 1 aromatic rings. The van der Waals surface area contributed by atoms with Gasteiger partial charge in [0.1, 0.15) is 5.75 Å². The van der Waals surface area contributed by atoms with E-state index in [-0.39, 0.29) is 12.8 Å². The summed E-state index contributed by atoms with van der Waals surface area (Å²) in [6, 6.07) is 3.65. The van der Waals surface area contributed by atoms with Crippen molar-refractivity contribution in [3.05, 3.63) is 29.8 Å². The molecular formula is C17H19F9O7S3. The van der Waals surface area contributed by atoms with Gasteiger partial charge >= 0.3 is 32.1 Å². The van der Waals surface area contributed by atoms with Crippen molar-refractivity contribution in [3.8, 4) is 5.75 Å². The summed E-state index contributed by atoms with van der Waals surface area (Å²) in [5, 5.41) is -14.4. The van der Waals surface area contributed by atoms with E-state index in [1.54, 1.807) is 13.8 Å². The Hall–Kier alpha value is -1.76. The summed E-state index contributed by atoms with van der Waals surface area (Å²) in [4.78, 5) is 0. The lowest BCUT2D eigenvalue weighted by molar-refractivity contribution is -0.245. The quantitative estimate of drug-likeness (QED) is 0.264. The summed E-state index contributed by atoms with van der Waals surface area (Å²) in [7, 11) is -22.0. The predicted molar refractivity (Wildman–Crippen MR) is 108 cm³/mol. The van der Waals surface area contributed by atoms with Gasteiger partial charge in [0.15, 0.2) is 4.58 Å². The topological polar surface area (TPSA) is 112 Å². The number of hydrogen-bond acceptors (Lipinski definition) is 7. The molecule has 0 aliphatic rings. The van der Waals surface area contributed by atoms with Crippen LogP contribution in [-0.4, -0.2) is 51.8 Å². The minimum absolute atomic E-state index is 0.134. The molecule has 0 heterocycles. The maximum absolute atomic E-state index is 14.3. The van der Waals surface area contributed by atoms with Gasteiger partial charge in [-0.25, -0.2) is 16.8 Å². The number of benzene rings is 1. The molecule has 210 valence electrons. The SMILES string of the molecule is CCC(C)c1ccc(OS(=O)(=O)C(F)(F)C(F)(F)C(F)(F)S(=O)(=O)C(CC)S(=O)(=O)C(F)(F)F)cc1. The zero-order valence-electron chi connectivity index (χ0n) is 18.4. The first-order valence-electron chi connectivity index (χ1n) is 9.57. The van der Waals surface area contributed by atoms with E-state index in [1.165, 1.54) is 0 Å². The average Bonchev–Trinajstić information content (AvgIpc) is 2.72. The molecule has 36 heavy (non-hydrogen) atoms. The van der Waals surface area contributed by atoms with E-state index in [2.05, 4.69) is 4.18 Å². The number of hydrogen-bond donors (Lipinski definition) is 0. The first kappa shape index (κ1) is 32.3. The van der Waals surface area contributed by atoms with Crippen molar-refractivity contribution in [2.75, 3.05) is 0 Å². The summed E-state index contributed by atoms with van der Waals surface area (Å²) < 4.78 is 193. The molecule has 19 heteroatoms. The van der Waals surface area contributed by atoms with Gasteiger partial charge in [0.25, 0.3) is 9.84 Å². The zero-order chi connectivity index (χ0) is 28.8. The van der Waals surface area contributed by atoms with Crippen LogP contribution in [0, 0.1) is 0 Å². The second kappa shape index (κ2) is 9.85. The Morgan fingerprint density at radius 1 is 0.722 bits per heavy atom. The van der Waals surface area contributed by atoms with Gasteiger partial charge in [-0.3, -0.25) is 0 Å². The van der Waals surface area contributed by atoms with Crippen LogP contribution in [0.15, 0.2) is 24.3 Å². The summed E-state index contributed by atoms with van der Waals surface area (Å²) in [5.41, 5.74) is -6.06. The number of sulfone groups is 2. The fraction of sp³-hybridized carbons (Fsp3) is 0.647. The van der Waals surface area contributed by atoms with Gasteiger partial charge in [0.2, 0.25) is 9.84 Å². The van der Waals surface area contributed by atoms with E-state index >= 15 is 0 Å². The number of rotatable bonds is 11. The van der Waals surface area contributed by atoms with Crippen molar-refractivity contribution >= 4 is 29.8 Å². The van der Waals surface area contributed by atoms with Crippen molar-refractivity contribution in [1.29, 1.82) is 0 Å². The van der Waals surface area contributed by atoms with Crippen LogP contribution in [0.4, 0.5) is 39.5 Å². The van der Waals surface area contributed by atoms with Crippen molar-refractivity contribution in [2.45, 2.75) is 66.1 Å². The largest absolute Gasteiger partial charge is 0.498 e. The van der Waals surface area contributed by atoms with Gasteiger partial charge < -0.3 is 4.18 Å². The molecular weight excluding hydrogens is 583 g/mol. The molecule has 1 aromatic carbocycles. The predicted octanol–water partition coefficient (Wildman–Crippen LogP) is 4.82. The molecule has 2 atom stereocenters. The van der Waals surface area contributed by atoms with Crippen LogP contribution >= 0.6 is 0 Å². The third-order valence-corrected chi connectivity index (χ3v) is 11.5. The summed E-state index contributed by atoms with van der Waals surface area (Å²) in [5.74, 6) is -8.71. The Bertz CT molecular complexity index is 1260. The van der Waals surface area contributed by atoms with Crippen LogP contribution in [0.3, 0.4) is 0 Å². The van der Waals surface area contributed by atoms with Crippen LogP contribution in [0.1, 0.15) is 45.1 Å². The minimum atomic E-state index is -7.67. The highest BCUT2D eigenvalue weighted by Gasteiger charge is 2.84. The second-order valence-electron chi connectivity index (χ2n) is 7.40. The summed E-state index contributed by atoms with van der Waals surface area (Å²) in [6.07, 6.45) is -1.36. The molecule has 0 radical (unpaired) electrons. The van der Waals surface area contributed by atoms with Gasteiger partial charge in [-0.1, -0.05) is 32.9 Å². The molecule has 0 saturated heterocycles. The molecule has 0 aliphatic heterocycles. The van der Waals surface area contributed by atoms with E-state index < -0.39 is 68.5 Å².